The van der Waals surface area contributed by atoms with E-state index < -0.39 is 6.04 Å². The highest BCUT2D eigenvalue weighted by Crippen LogP contribution is 2.27. The number of nitrogens with one attached hydrogen (secondary N) is 1. The van der Waals surface area contributed by atoms with Gasteiger partial charge in [0.05, 0.1) is 6.42 Å². The molecule has 0 bridgehead atoms. The molecule has 7 heteroatoms. The third kappa shape index (κ3) is 4.98. The standard InChI is InChI=1S/C25H28FN3O3/c26-21-9-5-4-8-19(21)16-24(31)28-14-12-20(13-15-28)29-22(10-11-23(29)30)25(32)27-17-18-6-2-1-3-7-18/h1-9,20,22H,10-17H2,(H,27,32). The molecular weight excluding hydrogens is 409 g/mol. The number of amides is 3. The fourth-order valence-electron chi connectivity index (χ4n) is 4.63. The van der Waals surface area contributed by atoms with Crippen LogP contribution in [0.5, 0.6) is 0 Å². The second-order valence-corrected chi connectivity index (χ2v) is 8.44. The summed E-state index contributed by atoms with van der Waals surface area (Å²) < 4.78 is 13.9. The molecular formula is C25H28FN3O3. The summed E-state index contributed by atoms with van der Waals surface area (Å²) in [4.78, 5) is 41.5. The lowest BCUT2D eigenvalue weighted by Crippen LogP contribution is -2.53. The smallest absolute Gasteiger partial charge is 0.243 e. The van der Waals surface area contributed by atoms with Gasteiger partial charge in [-0.2, -0.15) is 0 Å². The molecule has 0 spiro atoms. The zero-order valence-corrected chi connectivity index (χ0v) is 18.0. The molecule has 1 unspecified atom stereocenters. The molecule has 0 aromatic heterocycles. The van der Waals surface area contributed by atoms with E-state index in [1.54, 1.807) is 28.0 Å². The van der Waals surface area contributed by atoms with Crippen LogP contribution in [-0.2, 0) is 27.3 Å². The summed E-state index contributed by atoms with van der Waals surface area (Å²) in [6, 6.07) is 15.5. The number of piperidine rings is 1. The maximum absolute atomic E-state index is 13.9. The highest BCUT2D eigenvalue weighted by Gasteiger charge is 2.41. The van der Waals surface area contributed by atoms with Crippen LogP contribution in [0.25, 0.3) is 0 Å². The molecule has 2 saturated heterocycles. The number of benzene rings is 2. The number of hydrogen-bond donors (Lipinski definition) is 1. The van der Waals surface area contributed by atoms with Crippen LogP contribution in [-0.4, -0.2) is 52.7 Å². The summed E-state index contributed by atoms with van der Waals surface area (Å²) in [5.41, 5.74) is 1.41. The van der Waals surface area contributed by atoms with E-state index in [-0.39, 0.29) is 36.0 Å². The molecule has 32 heavy (non-hydrogen) atoms. The second kappa shape index (κ2) is 9.94. The Balaban J connectivity index is 1.32. The Kier molecular flexibility index (Phi) is 6.83. The Bertz CT molecular complexity index is 973. The lowest BCUT2D eigenvalue weighted by molar-refractivity contribution is -0.140. The van der Waals surface area contributed by atoms with Gasteiger partial charge in [-0.3, -0.25) is 14.4 Å². The van der Waals surface area contributed by atoms with Gasteiger partial charge in [0.15, 0.2) is 0 Å². The zero-order chi connectivity index (χ0) is 22.5. The predicted octanol–water partition coefficient (Wildman–Crippen LogP) is 2.67. The zero-order valence-electron chi connectivity index (χ0n) is 18.0. The van der Waals surface area contributed by atoms with E-state index in [1.165, 1.54) is 6.07 Å². The molecule has 2 aromatic rings. The van der Waals surface area contributed by atoms with Crippen molar-refractivity contribution in [1.82, 2.24) is 15.1 Å². The summed E-state index contributed by atoms with van der Waals surface area (Å²) >= 11 is 0. The monoisotopic (exact) mass is 437 g/mol. The number of likely N-dealkylation sites (tertiary alicyclic amines) is 2. The van der Waals surface area contributed by atoms with E-state index in [0.29, 0.717) is 50.9 Å². The third-order valence-electron chi connectivity index (χ3n) is 6.38. The summed E-state index contributed by atoms with van der Waals surface area (Å²) in [7, 11) is 0. The molecule has 2 aromatic carbocycles. The largest absolute Gasteiger partial charge is 0.350 e. The molecule has 0 saturated carbocycles. The molecule has 2 fully saturated rings. The van der Waals surface area contributed by atoms with E-state index in [1.807, 2.05) is 30.3 Å². The van der Waals surface area contributed by atoms with Gasteiger partial charge in [0.1, 0.15) is 11.9 Å². The number of carbonyl (C=O) groups is 3. The third-order valence-corrected chi connectivity index (χ3v) is 6.38. The van der Waals surface area contributed by atoms with E-state index in [2.05, 4.69) is 5.32 Å². The highest BCUT2D eigenvalue weighted by atomic mass is 19.1. The Hall–Kier alpha value is -3.22. The van der Waals surface area contributed by atoms with Gasteiger partial charge in [0.25, 0.3) is 0 Å². The normalized spacial score (nSPS) is 19.3. The first-order valence-corrected chi connectivity index (χ1v) is 11.2. The quantitative estimate of drug-likeness (QED) is 0.756. The summed E-state index contributed by atoms with van der Waals surface area (Å²) in [5.74, 6) is -0.611. The summed E-state index contributed by atoms with van der Waals surface area (Å²) in [6.07, 6.45) is 2.17. The fourth-order valence-corrected chi connectivity index (χ4v) is 4.63. The van der Waals surface area contributed by atoms with E-state index in [9.17, 15) is 18.8 Å². The molecule has 0 aliphatic carbocycles. The van der Waals surface area contributed by atoms with Crippen LogP contribution < -0.4 is 5.32 Å². The molecule has 2 aliphatic rings. The second-order valence-electron chi connectivity index (χ2n) is 8.44. The van der Waals surface area contributed by atoms with Crippen LogP contribution in [0.15, 0.2) is 54.6 Å². The van der Waals surface area contributed by atoms with Crippen molar-refractivity contribution in [3.8, 4) is 0 Å². The number of halogens is 1. The first-order chi connectivity index (χ1) is 15.5. The summed E-state index contributed by atoms with van der Waals surface area (Å²) in [5, 5.41) is 2.96. The Morgan fingerprint density at radius 2 is 1.66 bits per heavy atom. The number of hydrogen-bond acceptors (Lipinski definition) is 3. The minimum atomic E-state index is -0.461. The van der Waals surface area contributed by atoms with Crippen molar-refractivity contribution in [1.29, 1.82) is 0 Å². The van der Waals surface area contributed by atoms with Gasteiger partial charge in [0, 0.05) is 32.1 Å². The molecule has 168 valence electrons. The number of rotatable bonds is 6. The predicted molar refractivity (Wildman–Crippen MR) is 118 cm³/mol. The average Bonchev–Trinajstić information content (AvgIpc) is 3.21. The van der Waals surface area contributed by atoms with Gasteiger partial charge >= 0.3 is 0 Å². The van der Waals surface area contributed by atoms with E-state index >= 15 is 0 Å². The minimum absolute atomic E-state index is 0.000921. The van der Waals surface area contributed by atoms with Crippen molar-refractivity contribution >= 4 is 17.7 Å². The van der Waals surface area contributed by atoms with E-state index in [4.69, 9.17) is 0 Å². The maximum atomic E-state index is 13.9. The molecule has 1 N–H and O–H groups in total. The molecule has 2 heterocycles. The lowest BCUT2D eigenvalue weighted by Gasteiger charge is -2.39. The number of nitrogens with zero attached hydrogens (tertiary/aromatic N) is 2. The topological polar surface area (TPSA) is 69.7 Å². The Morgan fingerprint density at radius 1 is 0.969 bits per heavy atom. The van der Waals surface area contributed by atoms with Gasteiger partial charge < -0.3 is 15.1 Å². The van der Waals surface area contributed by atoms with E-state index in [0.717, 1.165) is 5.56 Å². The van der Waals surface area contributed by atoms with Crippen molar-refractivity contribution in [2.75, 3.05) is 13.1 Å². The highest BCUT2D eigenvalue weighted by molar-refractivity contribution is 5.91. The van der Waals surface area contributed by atoms with Crippen LogP contribution in [0.2, 0.25) is 0 Å². The maximum Gasteiger partial charge on any atom is 0.243 e. The van der Waals surface area contributed by atoms with Gasteiger partial charge in [-0.25, -0.2) is 4.39 Å². The molecule has 3 amide bonds. The van der Waals surface area contributed by atoms with Crippen molar-refractivity contribution < 1.29 is 18.8 Å². The van der Waals surface area contributed by atoms with Crippen LogP contribution in [0, 0.1) is 5.82 Å². The minimum Gasteiger partial charge on any atom is -0.350 e. The molecule has 6 nitrogen and oxygen atoms in total. The first kappa shape index (κ1) is 22.0. The molecule has 0 radical (unpaired) electrons. The molecule has 1 atom stereocenters. The Morgan fingerprint density at radius 3 is 2.38 bits per heavy atom. The fraction of sp³-hybridized carbons (Fsp3) is 0.400. The molecule has 2 aliphatic heterocycles. The van der Waals surface area contributed by atoms with Crippen LogP contribution in [0.3, 0.4) is 0 Å². The SMILES string of the molecule is O=C(NCc1ccccc1)C1CCC(=O)N1C1CCN(C(=O)Cc2ccccc2F)CC1. The van der Waals surface area contributed by atoms with Crippen LogP contribution >= 0.6 is 0 Å². The van der Waals surface area contributed by atoms with Crippen molar-refractivity contribution in [2.45, 2.75) is 50.7 Å². The number of carbonyl (C=O) groups excluding carboxylic acids is 3. The van der Waals surface area contributed by atoms with Gasteiger partial charge in [-0.1, -0.05) is 48.5 Å². The first-order valence-electron chi connectivity index (χ1n) is 11.2. The van der Waals surface area contributed by atoms with Crippen LogP contribution in [0.4, 0.5) is 4.39 Å². The summed E-state index contributed by atoms with van der Waals surface area (Å²) in [6.45, 7) is 1.43. The lowest BCUT2D eigenvalue weighted by atomic mass is 10.0. The molecule has 4 rings (SSSR count). The van der Waals surface area contributed by atoms with Crippen molar-refractivity contribution in [3.63, 3.8) is 0 Å². The van der Waals surface area contributed by atoms with Crippen LogP contribution in [0.1, 0.15) is 36.8 Å². The van der Waals surface area contributed by atoms with Gasteiger partial charge in [-0.05, 0) is 36.5 Å². The average molecular weight is 438 g/mol. The van der Waals surface area contributed by atoms with Crippen molar-refractivity contribution in [3.05, 3.63) is 71.5 Å². The van der Waals surface area contributed by atoms with Gasteiger partial charge in [-0.15, -0.1) is 0 Å². The van der Waals surface area contributed by atoms with Gasteiger partial charge in [0.2, 0.25) is 17.7 Å². The van der Waals surface area contributed by atoms with Crippen molar-refractivity contribution in [2.24, 2.45) is 0 Å². The Labute approximate surface area is 187 Å².